The molecular weight excluding hydrogens is 336 g/mol. The highest BCUT2D eigenvalue weighted by molar-refractivity contribution is 6.30. The highest BCUT2D eigenvalue weighted by Gasteiger charge is 2.34. The minimum Gasteiger partial charge on any atom is -0.330 e. The highest BCUT2D eigenvalue weighted by Crippen LogP contribution is 2.35. The third kappa shape index (κ3) is 2.78. The Morgan fingerprint density at radius 2 is 2.12 bits per heavy atom. The molecule has 0 bridgehead atoms. The number of hydrogen-bond donors (Lipinski definition) is 0. The van der Waals surface area contributed by atoms with Crippen LogP contribution in [-0.4, -0.2) is 31.9 Å². The fourth-order valence-electron chi connectivity index (χ4n) is 3.65. The van der Waals surface area contributed by atoms with E-state index < -0.39 is 0 Å². The van der Waals surface area contributed by atoms with Gasteiger partial charge in [0.1, 0.15) is 0 Å². The number of hydrogen-bond acceptors (Lipinski definition) is 3. The molecule has 1 aromatic carbocycles. The molecule has 3 aromatic rings. The predicted octanol–water partition coefficient (Wildman–Crippen LogP) is 3.78. The van der Waals surface area contributed by atoms with Crippen molar-refractivity contribution >= 4 is 23.2 Å². The Morgan fingerprint density at radius 3 is 2.92 bits per heavy atom. The molecule has 1 aliphatic heterocycles. The molecule has 6 heteroatoms. The van der Waals surface area contributed by atoms with E-state index in [1.54, 1.807) is 23.0 Å². The molecule has 128 valence electrons. The quantitative estimate of drug-likeness (QED) is 0.703. The SMILES string of the molecule is CC(C)C1c2ccccc2CCN1C(=O)c1cc2ncc(Cl)cn2n1. The zero-order valence-corrected chi connectivity index (χ0v) is 14.9. The van der Waals surface area contributed by atoms with Gasteiger partial charge < -0.3 is 4.90 Å². The fraction of sp³-hybridized carbons (Fsp3) is 0.316. The smallest absolute Gasteiger partial charge is 0.274 e. The number of amides is 1. The lowest BCUT2D eigenvalue weighted by atomic mass is 9.86. The molecule has 1 aliphatic rings. The van der Waals surface area contributed by atoms with E-state index in [1.807, 2.05) is 11.0 Å². The van der Waals surface area contributed by atoms with Gasteiger partial charge in [-0.05, 0) is 23.5 Å². The zero-order chi connectivity index (χ0) is 17.6. The van der Waals surface area contributed by atoms with Crippen molar-refractivity contribution in [3.8, 4) is 0 Å². The Balaban J connectivity index is 1.73. The van der Waals surface area contributed by atoms with Crippen LogP contribution in [0.25, 0.3) is 5.65 Å². The summed E-state index contributed by atoms with van der Waals surface area (Å²) in [7, 11) is 0. The van der Waals surface area contributed by atoms with Gasteiger partial charge >= 0.3 is 0 Å². The largest absolute Gasteiger partial charge is 0.330 e. The molecule has 3 heterocycles. The van der Waals surface area contributed by atoms with Crippen LogP contribution in [0.15, 0.2) is 42.7 Å². The van der Waals surface area contributed by atoms with Crippen LogP contribution in [0.1, 0.15) is 41.5 Å². The van der Waals surface area contributed by atoms with Crippen LogP contribution in [0, 0.1) is 5.92 Å². The first-order valence-electron chi connectivity index (χ1n) is 8.44. The summed E-state index contributed by atoms with van der Waals surface area (Å²) in [6, 6.07) is 10.2. The Morgan fingerprint density at radius 1 is 1.32 bits per heavy atom. The Bertz CT molecular complexity index is 950. The van der Waals surface area contributed by atoms with Gasteiger partial charge in [0.25, 0.3) is 5.91 Å². The van der Waals surface area contributed by atoms with Crippen LogP contribution >= 0.6 is 11.6 Å². The van der Waals surface area contributed by atoms with Crippen LogP contribution < -0.4 is 0 Å². The Kier molecular flexibility index (Phi) is 3.96. The van der Waals surface area contributed by atoms with Gasteiger partial charge in [0.2, 0.25) is 0 Å². The van der Waals surface area contributed by atoms with Crippen molar-refractivity contribution in [2.75, 3.05) is 6.54 Å². The number of aromatic nitrogens is 3. The van der Waals surface area contributed by atoms with Crippen LogP contribution in [0.3, 0.4) is 0 Å². The molecule has 0 saturated carbocycles. The predicted molar refractivity (Wildman–Crippen MR) is 96.8 cm³/mol. The monoisotopic (exact) mass is 354 g/mol. The first-order valence-corrected chi connectivity index (χ1v) is 8.82. The molecule has 0 fully saturated rings. The van der Waals surface area contributed by atoms with Crippen molar-refractivity contribution in [3.63, 3.8) is 0 Å². The number of halogens is 1. The molecule has 1 amide bonds. The lowest BCUT2D eigenvalue weighted by Gasteiger charge is -2.39. The summed E-state index contributed by atoms with van der Waals surface area (Å²) in [6.07, 6.45) is 4.08. The molecular formula is C19H19ClN4O. The maximum atomic E-state index is 13.2. The number of carbonyl (C=O) groups is 1. The summed E-state index contributed by atoms with van der Waals surface area (Å²) in [5.74, 6) is 0.254. The number of benzene rings is 1. The van der Waals surface area contributed by atoms with Crippen molar-refractivity contribution in [1.29, 1.82) is 0 Å². The van der Waals surface area contributed by atoms with Crippen molar-refractivity contribution in [2.24, 2.45) is 5.92 Å². The van der Waals surface area contributed by atoms with E-state index in [2.05, 4.69) is 42.1 Å². The van der Waals surface area contributed by atoms with Gasteiger partial charge in [-0.15, -0.1) is 0 Å². The van der Waals surface area contributed by atoms with E-state index >= 15 is 0 Å². The van der Waals surface area contributed by atoms with Crippen LogP contribution in [-0.2, 0) is 6.42 Å². The molecule has 2 aromatic heterocycles. The third-order valence-corrected chi connectivity index (χ3v) is 4.92. The van der Waals surface area contributed by atoms with Crippen molar-refractivity contribution in [2.45, 2.75) is 26.3 Å². The number of fused-ring (bicyclic) bond motifs is 2. The van der Waals surface area contributed by atoms with Gasteiger partial charge in [0.15, 0.2) is 11.3 Å². The minimum atomic E-state index is -0.0603. The van der Waals surface area contributed by atoms with Gasteiger partial charge in [0, 0.05) is 18.8 Å². The van der Waals surface area contributed by atoms with Gasteiger partial charge in [-0.25, -0.2) is 9.50 Å². The van der Waals surface area contributed by atoms with Gasteiger partial charge in [-0.2, -0.15) is 5.10 Å². The van der Waals surface area contributed by atoms with E-state index in [1.165, 1.54) is 11.1 Å². The molecule has 0 radical (unpaired) electrons. The maximum absolute atomic E-state index is 13.2. The number of rotatable bonds is 2. The fourth-order valence-corrected chi connectivity index (χ4v) is 3.79. The molecule has 0 saturated heterocycles. The summed E-state index contributed by atoms with van der Waals surface area (Å²) in [4.78, 5) is 19.3. The lowest BCUT2D eigenvalue weighted by Crippen LogP contribution is -2.42. The molecule has 0 aliphatic carbocycles. The van der Waals surface area contributed by atoms with Crippen molar-refractivity contribution in [3.05, 3.63) is 64.6 Å². The molecule has 5 nitrogen and oxygen atoms in total. The Hall–Kier alpha value is -2.40. The summed E-state index contributed by atoms with van der Waals surface area (Å²) < 4.78 is 1.55. The summed E-state index contributed by atoms with van der Waals surface area (Å²) in [5.41, 5.74) is 3.58. The Labute approximate surface area is 151 Å². The summed E-state index contributed by atoms with van der Waals surface area (Å²) in [5, 5.41) is 4.86. The van der Waals surface area contributed by atoms with Crippen molar-refractivity contribution in [1.82, 2.24) is 19.5 Å². The lowest BCUT2D eigenvalue weighted by molar-refractivity contribution is 0.0597. The second-order valence-electron chi connectivity index (χ2n) is 6.74. The second kappa shape index (κ2) is 6.15. The summed E-state index contributed by atoms with van der Waals surface area (Å²) in [6.45, 7) is 5.00. The highest BCUT2D eigenvalue weighted by atomic mass is 35.5. The van der Waals surface area contributed by atoms with E-state index in [9.17, 15) is 4.79 Å². The summed E-state index contributed by atoms with van der Waals surface area (Å²) >= 11 is 5.96. The molecule has 1 unspecified atom stereocenters. The topological polar surface area (TPSA) is 50.5 Å². The molecule has 25 heavy (non-hydrogen) atoms. The standard InChI is InChI=1S/C19H19ClN4O/c1-12(2)18-15-6-4-3-5-13(15)7-8-23(18)19(25)16-9-17-21-10-14(20)11-24(17)22-16/h3-6,9-12,18H,7-8H2,1-2H3. The van der Waals surface area contributed by atoms with E-state index in [0.717, 1.165) is 6.42 Å². The normalized spacial score (nSPS) is 17.1. The van der Waals surface area contributed by atoms with E-state index in [-0.39, 0.29) is 11.9 Å². The van der Waals surface area contributed by atoms with Crippen LogP contribution in [0.5, 0.6) is 0 Å². The number of nitrogens with zero attached hydrogens (tertiary/aromatic N) is 4. The van der Waals surface area contributed by atoms with Crippen molar-refractivity contribution < 1.29 is 4.79 Å². The second-order valence-corrected chi connectivity index (χ2v) is 7.18. The maximum Gasteiger partial charge on any atom is 0.274 e. The van der Waals surface area contributed by atoms with Gasteiger partial charge in [-0.3, -0.25) is 4.79 Å². The molecule has 0 N–H and O–H groups in total. The van der Waals surface area contributed by atoms with Crippen LogP contribution in [0.2, 0.25) is 5.02 Å². The van der Waals surface area contributed by atoms with Crippen LogP contribution in [0.4, 0.5) is 0 Å². The average Bonchev–Trinajstić information content (AvgIpc) is 3.03. The first kappa shape index (κ1) is 16.1. The van der Waals surface area contributed by atoms with E-state index in [4.69, 9.17) is 11.6 Å². The average molecular weight is 355 g/mol. The third-order valence-electron chi connectivity index (χ3n) is 4.72. The first-order chi connectivity index (χ1) is 12.0. The van der Waals surface area contributed by atoms with Gasteiger partial charge in [-0.1, -0.05) is 49.7 Å². The molecule has 4 rings (SSSR count). The zero-order valence-electron chi connectivity index (χ0n) is 14.2. The minimum absolute atomic E-state index is 0.0545. The van der Waals surface area contributed by atoms with Gasteiger partial charge in [0.05, 0.1) is 17.3 Å². The van der Waals surface area contributed by atoms with E-state index in [0.29, 0.717) is 28.8 Å². The molecule has 1 atom stereocenters. The number of carbonyl (C=O) groups excluding carboxylic acids is 1. The molecule has 0 spiro atoms.